The normalized spacial score (nSPS) is 14.2. The molecule has 1 aliphatic heterocycles. The van der Waals surface area contributed by atoms with E-state index in [1.807, 2.05) is 38.1 Å². The van der Waals surface area contributed by atoms with E-state index in [0.717, 1.165) is 22.9 Å². The Morgan fingerprint density at radius 2 is 1.81 bits per heavy atom. The maximum Gasteiger partial charge on any atom is 0.293 e. The number of imide groups is 1. The van der Waals surface area contributed by atoms with Crippen LogP contribution in [-0.4, -0.2) is 35.2 Å². The fourth-order valence-corrected chi connectivity index (χ4v) is 4.60. The van der Waals surface area contributed by atoms with Crippen LogP contribution in [0, 0.1) is 6.92 Å². The highest BCUT2D eigenvalue weighted by molar-refractivity contribution is 8.18. The Balaban J connectivity index is 1.44. The zero-order valence-corrected chi connectivity index (χ0v) is 21.9. The first-order valence-electron chi connectivity index (χ1n) is 11.6. The molecule has 3 amide bonds. The Kier molecular flexibility index (Phi) is 8.53. The monoisotopic (exact) mass is 536 g/mol. The summed E-state index contributed by atoms with van der Waals surface area (Å²) < 4.78 is 11.4. The largest absolute Gasteiger partial charge is 0.490 e. The van der Waals surface area contributed by atoms with Gasteiger partial charge < -0.3 is 14.8 Å². The molecule has 1 heterocycles. The van der Waals surface area contributed by atoms with Crippen LogP contribution in [-0.2, 0) is 16.1 Å². The second-order valence-corrected chi connectivity index (χ2v) is 9.67. The van der Waals surface area contributed by atoms with Crippen molar-refractivity contribution in [2.24, 2.45) is 0 Å². The Morgan fingerprint density at radius 1 is 1.03 bits per heavy atom. The van der Waals surface area contributed by atoms with E-state index in [-0.39, 0.29) is 30.2 Å². The Hall–Kier alpha value is -3.75. The van der Waals surface area contributed by atoms with E-state index in [9.17, 15) is 14.4 Å². The van der Waals surface area contributed by atoms with Gasteiger partial charge in [-0.1, -0.05) is 53.6 Å². The van der Waals surface area contributed by atoms with E-state index in [1.165, 1.54) is 4.90 Å². The summed E-state index contributed by atoms with van der Waals surface area (Å²) in [5, 5.41) is 2.92. The number of thioether (sulfide) groups is 1. The molecule has 1 saturated heterocycles. The first kappa shape index (κ1) is 26.3. The maximum atomic E-state index is 12.9. The first-order valence-corrected chi connectivity index (χ1v) is 12.8. The van der Waals surface area contributed by atoms with Gasteiger partial charge in [0.2, 0.25) is 0 Å². The van der Waals surface area contributed by atoms with Gasteiger partial charge in [-0.3, -0.25) is 19.3 Å². The third-order valence-corrected chi connectivity index (χ3v) is 6.51. The number of rotatable bonds is 9. The summed E-state index contributed by atoms with van der Waals surface area (Å²) in [6, 6.07) is 19.6. The van der Waals surface area contributed by atoms with Crippen LogP contribution in [0.15, 0.2) is 71.6 Å². The van der Waals surface area contributed by atoms with Crippen LogP contribution < -0.4 is 14.8 Å². The van der Waals surface area contributed by atoms with Gasteiger partial charge >= 0.3 is 0 Å². The molecule has 1 fully saturated rings. The van der Waals surface area contributed by atoms with Crippen LogP contribution in [0.3, 0.4) is 0 Å². The minimum atomic E-state index is -0.351. The predicted molar refractivity (Wildman–Crippen MR) is 146 cm³/mol. The minimum Gasteiger partial charge on any atom is -0.490 e. The number of aryl methyl sites for hydroxylation is 1. The van der Waals surface area contributed by atoms with Gasteiger partial charge in [-0.05, 0) is 73.1 Å². The molecule has 4 rings (SSSR count). The molecule has 190 valence electrons. The number of hydrogen-bond acceptors (Lipinski definition) is 6. The lowest BCUT2D eigenvalue weighted by atomic mass is 10.1. The summed E-state index contributed by atoms with van der Waals surface area (Å²) in [5.41, 5.74) is 3.23. The summed E-state index contributed by atoms with van der Waals surface area (Å²) in [5.74, 6) is 0.112. The highest BCUT2D eigenvalue weighted by atomic mass is 35.5. The van der Waals surface area contributed by atoms with E-state index in [2.05, 4.69) is 5.32 Å². The quantitative estimate of drug-likeness (QED) is 0.323. The summed E-state index contributed by atoms with van der Waals surface area (Å²) in [6.45, 7) is 4.18. The highest BCUT2D eigenvalue weighted by Gasteiger charge is 2.35. The predicted octanol–water partition coefficient (Wildman–Crippen LogP) is 6.30. The van der Waals surface area contributed by atoms with Crippen LogP contribution in [0.4, 0.5) is 10.5 Å². The van der Waals surface area contributed by atoms with Crippen LogP contribution in [0.2, 0.25) is 5.02 Å². The van der Waals surface area contributed by atoms with E-state index < -0.39 is 0 Å². The molecule has 0 atom stereocenters. The smallest absolute Gasteiger partial charge is 0.293 e. The molecule has 0 bridgehead atoms. The molecule has 0 spiro atoms. The molecule has 3 aromatic rings. The van der Waals surface area contributed by atoms with Crippen molar-refractivity contribution in [2.75, 3.05) is 18.5 Å². The Labute approximate surface area is 224 Å². The standard InChI is InChI=1S/C28H25ClN2O5S/c1-3-35-24-13-20(11-12-23(24)36-17-26(32)30-22-6-4-5-21(29)15-22)14-25-27(33)31(28(34)37-25)16-19-9-7-18(2)8-10-19/h4-15H,3,16-17H2,1-2H3,(H,30,32)/b25-14+. The first-order chi connectivity index (χ1) is 17.8. The van der Waals surface area contributed by atoms with Gasteiger partial charge in [0.1, 0.15) is 0 Å². The van der Waals surface area contributed by atoms with E-state index in [1.54, 1.807) is 48.5 Å². The molecule has 37 heavy (non-hydrogen) atoms. The summed E-state index contributed by atoms with van der Waals surface area (Å²) >= 11 is 6.85. The van der Waals surface area contributed by atoms with Crippen LogP contribution in [0.5, 0.6) is 11.5 Å². The molecule has 9 heteroatoms. The molecule has 0 saturated carbocycles. The Morgan fingerprint density at radius 3 is 2.54 bits per heavy atom. The third kappa shape index (κ3) is 6.93. The Bertz CT molecular complexity index is 1360. The number of nitrogens with zero attached hydrogens (tertiary/aromatic N) is 1. The number of benzene rings is 3. The molecule has 7 nitrogen and oxygen atoms in total. The number of carbonyl (C=O) groups excluding carboxylic acids is 3. The zero-order valence-electron chi connectivity index (χ0n) is 20.3. The lowest BCUT2D eigenvalue weighted by molar-refractivity contribution is -0.123. The van der Waals surface area contributed by atoms with Gasteiger partial charge in [-0.25, -0.2) is 0 Å². The molecular formula is C28H25ClN2O5S. The number of hydrogen-bond donors (Lipinski definition) is 1. The van der Waals surface area contributed by atoms with E-state index >= 15 is 0 Å². The molecule has 1 N–H and O–H groups in total. The van der Waals surface area contributed by atoms with Gasteiger partial charge in [0.15, 0.2) is 18.1 Å². The fraction of sp³-hybridized carbons (Fsp3) is 0.179. The van der Waals surface area contributed by atoms with Gasteiger partial charge in [0.05, 0.1) is 18.1 Å². The second kappa shape index (κ2) is 12.0. The van der Waals surface area contributed by atoms with Crippen LogP contribution in [0.25, 0.3) is 6.08 Å². The average Bonchev–Trinajstić information content (AvgIpc) is 3.12. The van der Waals surface area contributed by atoms with Crippen molar-refractivity contribution in [3.63, 3.8) is 0 Å². The molecule has 0 unspecified atom stereocenters. The average molecular weight is 537 g/mol. The van der Waals surface area contributed by atoms with Crippen molar-refractivity contribution >= 4 is 52.2 Å². The van der Waals surface area contributed by atoms with Crippen molar-refractivity contribution in [2.45, 2.75) is 20.4 Å². The maximum absolute atomic E-state index is 12.9. The van der Waals surface area contributed by atoms with Crippen molar-refractivity contribution in [1.82, 2.24) is 4.90 Å². The lowest BCUT2D eigenvalue weighted by Crippen LogP contribution is -2.27. The van der Waals surface area contributed by atoms with Gasteiger partial charge in [0.25, 0.3) is 17.1 Å². The van der Waals surface area contributed by atoms with E-state index in [4.69, 9.17) is 21.1 Å². The molecule has 0 aliphatic carbocycles. The number of ether oxygens (including phenoxy) is 2. The number of nitrogens with one attached hydrogen (secondary N) is 1. The van der Waals surface area contributed by atoms with Crippen LogP contribution >= 0.6 is 23.4 Å². The van der Waals surface area contributed by atoms with Crippen molar-refractivity contribution in [3.05, 3.63) is 93.3 Å². The molecule has 0 radical (unpaired) electrons. The number of anilines is 1. The van der Waals surface area contributed by atoms with Crippen LogP contribution in [0.1, 0.15) is 23.6 Å². The lowest BCUT2D eigenvalue weighted by Gasteiger charge is -2.13. The van der Waals surface area contributed by atoms with E-state index in [0.29, 0.717) is 39.3 Å². The summed E-state index contributed by atoms with van der Waals surface area (Å²) in [6.07, 6.45) is 1.65. The SMILES string of the molecule is CCOc1cc(/C=C2/SC(=O)N(Cc3ccc(C)cc3)C2=O)ccc1OCC(=O)Nc1cccc(Cl)c1. The van der Waals surface area contributed by atoms with Crippen molar-refractivity contribution in [3.8, 4) is 11.5 Å². The minimum absolute atomic E-state index is 0.219. The van der Waals surface area contributed by atoms with Crippen molar-refractivity contribution < 1.29 is 23.9 Å². The summed E-state index contributed by atoms with van der Waals surface area (Å²) in [4.78, 5) is 39.3. The second-order valence-electron chi connectivity index (χ2n) is 8.24. The number of halogens is 1. The number of carbonyl (C=O) groups is 3. The summed E-state index contributed by atoms with van der Waals surface area (Å²) in [7, 11) is 0. The van der Waals surface area contributed by atoms with Gasteiger partial charge in [-0.2, -0.15) is 0 Å². The van der Waals surface area contributed by atoms with Crippen molar-refractivity contribution in [1.29, 1.82) is 0 Å². The molecule has 3 aromatic carbocycles. The molecule has 0 aromatic heterocycles. The number of amides is 3. The third-order valence-electron chi connectivity index (χ3n) is 5.37. The topological polar surface area (TPSA) is 84.9 Å². The molecule has 1 aliphatic rings. The highest BCUT2D eigenvalue weighted by Crippen LogP contribution is 2.35. The fourth-order valence-electron chi connectivity index (χ4n) is 3.57. The zero-order chi connectivity index (χ0) is 26.4. The van der Waals surface area contributed by atoms with Gasteiger partial charge in [0, 0.05) is 10.7 Å². The van der Waals surface area contributed by atoms with Gasteiger partial charge in [-0.15, -0.1) is 0 Å². The molecular weight excluding hydrogens is 512 g/mol.